The lowest BCUT2D eigenvalue weighted by Crippen LogP contribution is -2.22. The second-order valence-corrected chi connectivity index (χ2v) is 4.68. The second kappa shape index (κ2) is 7.46. The third-order valence-corrected chi connectivity index (χ3v) is 2.79. The summed E-state index contributed by atoms with van der Waals surface area (Å²) in [5.41, 5.74) is 1.10. The summed E-state index contributed by atoms with van der Waals surface area (Å²) < 4.78 is 12.9. The molecule has 1 aromatic rings. The fourth-order valence-corrected chi connectivity index (χ4v) is 1.80. The first-order valence-corrected chi connectivity index (χ1v) is 6.33. The van der Waals surface area contributed by atoms with E-state index in [0.29, 0.717) is 11.6 Å². The van der Waals surface area contributed by atoms with Crippen molar-refractivity contribution in [3.05, 3.63) is 47.3 Å². The highest BCUT2D eigenvalue weighted by atomic mass is 35.5. The molecule has 0 aliphatic heterocycles. The van der Waals surface area contributed by atoms with Crippen LogP contribution in [0.5, 0.6) is 0 Å². The van der Waals surface area contributed by atoms with Crippen LogP contribution in [0.25, 0.3) is 0 Å². The second-order valence-electron chi connectivity index (χ2n) is 4.14. The van der Waals surface area contributed by atoms with Crippen LogP contribution in [0, 0.1) is 5.82 Å². The lowest BCUT2D eigenvalue weighted by Gasteiger charge is -2.18. The van der Waals surface area contributed by atoms with Gasteiger partial charge < -0.3 is 5.32 Å². The molecular formula is C14H19ClFN. The number of unbranched alkanes of at least 4 members (excludes halogenated alkanes) is 1. The Kier molecular flexibility index (Phi) is 6.23. The zero-order valence-electron chi connectivity index (χ0n) is 10.2. The van der Waals surface area contributed by atoms with E-state index in [9.17, 15) is 4.39 Å². The first kappa shape index (κ1) is 14.2. The number of nitrogens with one attached hydrogen (secondary N) is 1. The molecule has 17 heavy (non-hydrogen) atoms. The van der Waals surface area contributed by atoms with Crippen molar-refractivity contribution < 1.29 is 4.39 Å². The van der Waals surface area contributed by atoms with Crippen LogP contribution >= 0.6 is 11.6 Å². The highest BCUT2D eigenvalue weighted by Gasteiger charge is 2.10. The summed E-state index contributed by atoms with van der Waals surface area (Å²) >= 11 is 5.75. The van der Waals surface area contributed by atoms with Crippen LogP contribution in [0.1, 0.15) is 37.8 Å². The number of hydrogen-bond donors (Lipinski definition) is 1. The molecule has 1 rings (SSSR count). The first-order valence-electron chi connectivity index (χ1n) is 5.95. The lowest BCUT2D eigenvalue weighted by atomic mass is 10.0. The molecule has 94 valence electrons. The summed E-state index contributed by atoms with van der Waals surface area (Å²) in [6.45, 7) is 6.39. The maximum absolute atomic E-state index is 12.9. The fourth-order valence-electron chi connectivity index (χ4n) is 1.72. The SMILES string of the molecule is C=C(Cl)CNC(CCCC)c1ccc(F)cc1. The van der Waals surface area contributed by atoms with Crippen LogP contribution in [0.2, 0.25) is 0 Å². The Bertz CT molecular complexity index is 348. The van der Waals surface area contributed by atoms with E-state index in [1.807, 2.05) is 12.1 Å². The van der Waals surface area contributed by atoms with Gasteiger partial charge in [0, 0.05) is 17.6 Å². The Morgan fingerprint density at radius 1 is 1.41 bits per heavy atom. The molecule has 0 amide bonds. The zero-order chi connectivity index (χ0) is 12.7. The molecule has 0 fully saturated rings. The molecule has 3 heteroatoms. The van der Waals surface area contributed by atoms with Crippen LogP contribution in [0.4, 0.5) is 4.39 Å². The summed E-state index contributed by atoms with van der Waals surface area (Å²) in [6.07, 6.45) is 3.29. The van der Waals surface area contributed by atoms with Crippen molar-refractivity contribution in [3.63, 3.8) is 0 Å². The van der Waals surface area contributed by atoms with Crippen molar-refractivity contribution in [2.45, 2.75) is 32.2 Å². The molecule has 1 nitrogen and oxygen atoms in total. The Morgan fingerprint density at radius 3 is 2.59 bits per heavy atom. The molecule has 0 aliphatic carbocycles. The summed E-state index contributed by atoms with van der Waals surface area (Å²) in [7, 11) is 0. The van der Waals surface area contributed by atoms with Gasteiger partial charge in [-0.1, -0.05) is 50.1 Å². The van der Waals surface area contributed by atoms with E-state index in [-0.39, 0.29) is 11.9 Å². The monoisotopic (exact) mass is 255 g/mol. The molecular weight excluding hydrogens is 237 g/mol. The van der Waals surface area contributed by atoms with Crippen LogP contribution in [-0.2, 0) is 0 Å². The van der Waals surface area contributed by atoms with E-state index in [4.69, 9.17) is 11.6 Å². The van der Waals surface area contributed by atoms with Gasteiger partial charge in [-0.2, -0.15) is 0 Å². The van der Waals surface area contributed by atoms with Crippen molar-refractivity contribution in [1.29, 1.82) is 0 Å². The summed E-state index contributed by atoms with van der Waals surface area (Å²) in [6, 6.07) is 6.84. The predicted molar refractivity (Wildman–Crippen MR) is 71.7 cm³/mol. The summed E-state index contributed by atoms with van der Waals surface area (Å²) in [5.74, 6) is -0.204. The van der Waals surface area contributed by atoms with Gasteiger partial charge in [0.1, 0.15) is 5.82 Å². The largest absolute Gasteiger partial charge is 0.305 e. The van der Waals surface area contributed by atoms with Crippen LogP contribution in [0.15, 0.2) is 35.9 Å². The average Bonchev–Trinajstić information content (AvgIpc) is 2.30. The van der Waals surface area contributed by atoms with Crippen molar-refractivity contribution in [1.82, 2.24) is 5.32 Å². The zero-order valence-corrected chi connectivity index (χ0v) is 10.9. The molecule has 1 atom stereocenters. The molecule has 0 saturated carbocycles. The van der Waals surface area contributed by atoms with Gasteiger partial charge in [0.25, 0.3) is 0 Å². The predicted octanol–water partition coefficient (Wildman–Crippen LogP) is 4.40. The third kappa shape index (κ3) is 5.33. The molecule has 1 aromatic carbocycles. The van der Waals surface area contributed by atoms with E-state index in [1.54, 1.807) is 0 Å². The van der Waals surface area contributed by atoms with Gasteiger partial charge in [-0.15, -0.1) is 0 Å². The number of benzene rings is 1. The van der Waals surface area contributed by atoms with Gasteiger partial charge in [-0.25, -0.2) is 4.39 Å². The Labute approximate surface area is 108 Å². The van der Waals surface area contributed by atoms with Gasteiger partial charge in [0.05, 0.1) is 0 Å². The van der Waals surface area contributed by atoms with Crippen molar-refractivity contribution in [2.75, 3.05) is 6.54 Å². The fraction of sp³-hybridized carbons (Fsp3) is 0.429. The minimum Gasteiger partial charge on any atom is -0.305 e. The normalized spacial score (nSPS) is 12.4. The highest BCUT2D eigenvalue weighted by molar-refractivity contribution is 6.29. The minimum absolute atomic E-state index is 0.204. The van der Waals surface area contributed by atoms with Crippen molar-refractivity contribution in [2.24, 2.45) is 0 Å². The number of halogens is 2. The molecule has 0 bridgehead atoms. The molecule has 0 saturated heterocycles. The Morgan fingerprint density at radius 2 is 2.06 bits per heavy atom. The average molecular weight is 256 g/mol. The molecule has 0 radical (unpaired) electrons. The lowest BCUT2D eigenvalue weighted by molar-refractivity contribution is 0.502. The maximum atomic E-state index is 12.9. The maximum Gasteiger partial charge on any atom is 0.123 e. The van der Waals surface area contributed by atoms with Crippen LogP contribution < -0.4 is 5.32 Å². The topological polar surface area (TPSA) is 12.0 Å². The van der Waals surface area contributed by atoms with Gasteiger partial charge in [-0.3, -0.25) is 0 Å². The van der Waals surface area contributed by atoms with Crippen molar-refractivity contribution in [3.8, 4) is 0 Å². The summed E-state index contributed by atoms with van der Waals surface area (Å²) in [5, 5.41) is 3.93. The van der Waals surface area contributed by atoms with E-state index in [1.165, 1.54) is 12.1 Å². The van der Waals surface area contributed by atoms with Crippen LogP contribution in [0.3, 0.4) is 0 Å². The van der Waals surface area contributed by atoms with Gasteiger partial charge >= 0.3 is 0 Å². The van der Waals surface area contributed by atoms with E-state index in [0.717, 1.165) is 24.8 Å². The number of hydrogen-bond acceptors (Lipinski definition) is 1. The molecule has 1 N–H and O–H groups in total. The van der Waals surface area contributed by atoms with E-state index >= 15 is 0 Å². The van der Waals surface area contributed by atoms with E-state index in [2.05, 4.69) is 18.8 Å². The molecule has 0 aliphatic rings. The number of rotatable bonds is 7. The summed E-state index contributed by atoms with van der Waals surface area (Å²) in [4.78, 5) is 0. The van der Waals surface area contributed by atoms with Gasteiger partial charge in [0.2, 0.25) is 0 Å². The molecule has 0 spiro atoms. The van der Waals surface area contributed by atoms with E-state index < -0.39 is 0 Å². The third-order valence-electron chi connectivity index (χ3n) is 2.66. The smallest absolute Gasteiger partial charge is 0.123 e. The minimum atomic E-state index is -0.204. The van der Waals surface area contributed by atoms with Gasteiger partial charge in [0.15, 0.2) is 0 Å². The molecule has 1 unspecified atom stereocenters. The molecule has 0 heterocycles. The molecule has 0 aromatic heterocycles. The Balaban J connectivity index is 2.67. The highest BCUT2D eigenvalue weighted by Crippen LogP contribution is 2.20. The quantitative estimate of drug-likeness (QED) is 0.762. The van der Waals surface area contributed by atoms with Gasteiger partial charge in [-0.05, 0) is 24.1 Å². The Hall–Kier alpha value is -0.860. The standard InChI is InChI=1S/C14H19ClFN/c1-3-4-5-14(17-10-11(2)15)12-6-8-13(16)9-7-12/h6-9,14,17H,2-5,10H2,1H3. The first-order chi connectivity index (χ1) is 8.13. The van der Waals surface area contributed by atoms with Crippen LogP contribution in [-0.4, -0.2) is 6.54 Å². The van der Waals surface area contributed by atoms with Crippen molar-refractivity contribution >= 4 is 11.6 Å².